The zero-order valence-electron chi connectivity index (χ0n) is 14.4. The second-order valence-corrected chi connectivity index (χ2v) is 5.63. The minimum absolute atomic E-state index is 0.275. The van der Waals surface area contributed by atoms with Crippen molar-refractivity contribution in [3.05, 3.63) is 35.0 Å². The third-order valence-corrected chi connectivity index (χ3v) is 3.58. The summed E-state index contributed by atoms with van der Waals surface area (Å²) in [5, 5.41) is 5.36. The lowest BCUT2D eigenvalue weighted by atomic mass is 9.94. The maximum atomic E-state index is 12.5. The molecule has 2 rings (SSSR count). The van der Waals surface area contributed by atoms with Crippen LogP contribution in [0.4, 0.5) is 4.79 Å². The highest BCUT2D eigenvalue weighted by molar-refractivity contribution is 5.95. The Hall–Kier alpha value is -2.70. The molecule has 7 heteroatoms. The molecule has 1 atom stereocenters. The molecule has 130 valence electrons. The lowest BCUT2D eigenvalue weighted by Gasteiger charge is -2.29. The van der Waals surface area contributed by atoms with E-state index in [0.717, 1.165) is 0 Å². The Labute approximate surface area is 141 Å². The van der Waals surface area contributed by atoms with E-state index in [9.17, 15) is 9.59 Å². The fraction of sp³-hybridized carbons (Fsp3) is 0.412. The summed E-state index contributed by atoms with van der Waals surface area (Å²) in [5.74, 6) is 0.628. The van der Waals surface area contributed by atoms with Crippen LogP contribution in [0.25, 0.3) is 0 Å². The first-order valence-electron chi connectivity index (χ1n) is 7.58. The van der Waals surface area contributed by atoms with Crippen molar-refractivity contribution in [2.75, 3.05) is 14.2 Å². The molecule has 24 heavy (non-hydrogen) atoms. The molecule has 0 unspecified atom stereocenters. The average molecular weight is 334 g/mol. The third kappa shape index (κ3) is 3.61. The number of urea groups is 1. The molecule has 2 amide bonds. The van der Waals surface area contributed by atoms with Crippen molar-refractivity contribution in [1.29, 1.82) is 0 Å². The summed E-state index contributed by atoms with van der Waals surface area (Å²) in [7, 11) is 3.07. The van der Waals surface area contributed by atoms with Crippen molar-refractivity contribution >= 4 is 12.0 Å². The number of amides is 2. The molecule has 1 aromatic rings. The summed E-state index contributed by atoms with van der Waals surface area (Å²) >= 11 is 0. The van der Waals surface area contributed by atoms with Gasteiger partial charge in [-0.25, -0.2) is 9.59 Å². The fourth-order valence-corrected chi connectivity index (χ4v) is 2.54. The van der Waals surface area contributed by atoms with Gasteiger partial charge in [-0.05, 0) is 39.0 Å². The van der Waals surface area contributed by atoms with E-state index < -0.39 is 18.0 Å². The van der Waals surface area contributed by atoms with Crippen molar-refractivity contribution in [2.45, 2.75) is 32.9 Å². The second kappa shape index (κ2) is 7.25. The first-order chi connectivity index (χ1) is 11.4. The molecule has 0 radical (unpaired) electrons. The van der Waals surface area contributed by atoms with Crippen LogP contribution in [0.15, 0.2) is 29.5 Å². The molecular weight excluding hydrogens is 312 g/mol. The quantitative estimate of drug-likeness (QED) is 0.807. The Morgan fingerprint density at radius 1 is 1.21 bits per heavy atom. The molecule has 1 heterocycles. The van der Waals surface area contributed by atoms with Gasteiger partial charge in [-0.2, -0.15) is 0 Å². The normalized spacial score (nSPS) is 17.2. The number of rotatable bonds is 5. The lowest BCUT2D eigenvalue weighted by Crippen LogP contribution is -2.45. The molecule has 7 nitrogen and oxygen atoms in total. The van der Waals surface area contributed by atoms with Gasteiger partial charge in [-0.1, -0.05) is 0 Å². The monoisotopic (exact) mass is 334 g/mol. The number of hydrogen-bond donors (Lipinski definition) is 2. The van der Waals surface area contributed by atoms with Crippen LogP contribution in [0.2, 0.25) is 0 Å². The van der Waals surface area contributed by atoms with E-state index in [1.807, 2.05) is 0 Å². The third-order valence-electron chi connectivity index (χ3n) is 3.58. The number of allylic oxidation sites excluding steroid dienone is 1. The van der Waals surface area contributed by atoms with Crippen molar-refractivity contribution in [2.24, 2.45) is 0 Å². The van der Waals surface area contributed by atoms with E-state index in [2.05, 4.69) is 10.6 Å². The Kier molecular flexibility index (Phi) is 5.33. The van der Waals surface area contributed by atoms with E-state index in [4.69, 9.17) is 14.2 Å². The van der Waals surface area contributed by atoms with Gasteiger partial charge in [0, 0.05) is 11.3 Å². The predicted molar refractivity (Wildman–Crippen MR) is 87.9 cm³/mol. The smallest absolute Gasteiger partial charge is 0.338 e. The molecular formula is C17H22N2O5. The Morgan fingerprint density at radius 3 is 2.50 bits per heavy atom. The molecule has 0 spiro atoms. The minimum atomic E-state index is -0.699. The number of carbonyl (C=O) groups excluding carboxylic acids is 2. The zero-order valence-corrected chi connectivity index (χ0v) is 14.4. The van der Waals surface area contributed by atoms with Gasteiger partial charge in [0.05, 0.1) is 31.9 Å². The summed E-state index contributed by atoms with van der Waals surface area (Å²) in [4.78, 5) is 24.4. The van der Waals surface area contributed by atoms with Crippen LogP contribution in [0.1, 0.15) is 32.4 Å². The lowest BCUT2D eigenvalue weighted by molar-refractivity contribution is -0.143. The topological polar surface area (TPSA) is 85.9 Å². The van der Waals surface area contributed by atoms with Crippen LogP contribution in [-0.4, -0.2) is 32.3 Å². The highest BCUT2D eigenvalue weighted by Crippen LogP contribution is 2.35. The average Bonchev–Trinajstić information content (AvgIpc) is 2.52. The predicted octanol–water partition coefficient (Wildman–Crippen LogP) is 2.28. The Bertz CT molecular complexity index is 682. The largest absolute Gasteiger partial charge is 0.497 e. The van der Waals surface area contributed by atoms with Gasteiger partial charge in [0.25, 0.3) is 0 Å². The second-order valence-electron chi connectivity index (χ2n) is 5.63. The number of methoxy groups -OCH3 is 2. The highest BCUT2D eigenvalue weighted by Gasteiger charge is 2.34. The van der Waals surface area contributed by atoms with Crippen LogP contribution >= 0.6 is 0 Å². The maximum absolute atomic E-state index is 12.5. The molecule has 0 saturated carbocycles. The molecule has 1 aliphatic rings. The number of carbonyl (C=O) groups is 2. The van der Waals surface area contributed by atoms with Gasteiger partial charge in [-0.15, -0.1) is 0 Å². The van der Waals surface area contributed by atoms with Crippen LogP contribution in [0, 0.1) is 0 Å². The summed E-state index contributed by atoms with van der Waals surface area (Å²) in [5.41, 5.74) is 1.39. The number of benzene rings is 1. The molecule has 1 aromatic carbocycles. The molecule has 0 aromatic heterocycles. The SMILES string of the molecule is COc1ccc(OC)c([C@H]2NC(=O)NC(C)=C2C(=O)OC(C)C)c1. The minimum Gasteiger partial charge on any atom is -0.497 e. The summed E-state index contributed by atoms with van der Waals surface area (Å²) in [6.45, 7) is 5.20. The molecule has 2 N–H and O–H groups in total. The van der Waals surface area contributed by atoms with E-state index in [1.165, 1.54) is 7.11 Å². The van der Waals surface area contributed by atoms with Crippen molar-refractivity contribution in [3.63, 3.8) is 0 Å². The van der Waals surface area contributed by atoms with E-state index >= 15 is 0 Å². The van der Waals surface area contributed by atoms with E-state index in [0.29, 0.717) is 28.3 Å². The van der Waals surface area contributed by atoms with Crippen molar-refractivity contribution < 1.29 is 23.8 Å². The van der Waals surface area contributed by atoms with Gasteiger partial charge in [0.15, 0.2) is 0 Å². The van der Waals surface area contributed by atoms with E-state index in [-0.39, 0.29) is 6.10 Å². The molecule has 0 aliphatic carbocycles. The van der Waals surface area contributed by atoms with Gasteiger partial charge in [-0.3, -0.25) is 0 Å². The number of ether oxygens (including phenoxy) is 3. The zero-order chi connectivity index (χ0) is 17.9. The van der Waals surface area contributed by atoms with Gasteiger partial charge < -0.3 is 24.8 Å². The Balaban J connectivity index is 2.54. The Morgan fingerprint density at radius 2 is 1.92 bits per heavy atom. The number of esters is 1. The van der Waals surface area contributed by atoms with Crippen LogP contribution in [0.3, 0.4) is 0 Å². The number of hydrogen-bond acceptors (Lipinski definition) is 5. The summed E-state index contributed by atoms with van der Waals surface area (Å²) in [6.07, 6.45) is -0.275. The summed E-state index contributed by atoms with van der Waals surface area (Å²) in [6, 6.07) is 4.10. The van der Waals surface area contributed by atoms with Crippen molar-refractivity contribution in [1.82, 2.24) is 10.6 Å². The molecule has 0 saturated heterocycles. The van der Waals surface area contributed by atoms with Crippen LogP contribution in [0.5, 0.6) is 11.5 Å². The van der Waals surface area contributed by atoms with Gasteiger partial charge in [0.1, 0.15) is 11.5 Å². The van der Waals surface area contributed by atoms with Crippen LogP contribution in [-0.2, 0) is 9.53 Å². The number of nitrogens with one attached hydrogen (secondary N) is 2. The van der Waals surface area contributed by atoms with Crippen molar-refractivity contribution in [3.8, 4) is 11.5 Å². The summed E-state index contributed by atoms with van der Waals surface area (Å²) < 4.78 is 15.9. The fourth-order valence-electron chi connectivity index (χ4n) is 2.54. The van der Waals surface area contributed by atoms with Gasteiger partial charge in [0.2, 0.25) is 0 Å². The maximum Gasteiger partial charge on any atom is 0.338 e. The first kappa shape index (κ1) is 17.7. The van der Waals surface area contributed by atoms with E-state index in [1.54, 1.807) is 46.1 Å². The first-order valence-corrected chi connectivity index (χ1v) is 7.58. The molecule has 0 bridgehead atoms. The highest BCUT2D eigenvalue weighted by atomic mass is 16.5. The molecule has 0 fully saturated rings. The van der Waals surface area contributed by atoms with Crippen LogP contribution < -0.4 is 20.1 Å². The molecule has 1 aliphatic heterocycles. The van der Waals surface area contributed by atoms with Gasteiger partial charge >= 0.3 is 12.0 Å². The standard InChI is InChI=1S/C17H22N2O5/c1-9(2)24-16(20)14-10(3)18-17(21)19-15(14)12-8-11(22-4)6-7-13(12)23-5/h6-9,15H,1-5H3,(H2,18,19,21)/t15-/m1/s1.